The van der Waals surface area contributed by atoms with E-state index in [0.717, 1.165) is 103 Å². The first-order chi connectivity index (χ1) is 41.4. The number of benzene rings is 3. The van der Waals surface area contributed by atoms with E-state index in [4.69, 9.17) is 42.6 Å². The van der Waals surface area contributed by atoms with Gasteiger partial charge >= 0.3 is 42.4 Å². The van der Waals surface area contributed by atoms with E-state index in [1.165, 1.54) is 73.5 Å². The standard InChI is InChI=1S/C65H83F9O13/c1-6-7-8-9-10-11-12-13-14-27-36-50(86-58(77)61(80-4,64(69,70)71)47-31-22-18-23-32-47)52-38-40-54(84-52)55-41-39-53(85-55)51(87-59(78)62(81-5,65(72,73)74)48-33-24-19-25-34-48)37-28-16-15-26-35-49(43-45-42-44(2)82-56(45)75)83-57(76)60(79-3,63(66,67)68)46-29-20-17-21-30-46/h17-25,29-34,42,44,49-55H,6-16,26-28,35-41,43H2,1-5H3/t44-,49+,50+,51+,52+,53+,54+,55+,60-,61-,62-/m0/s1. The van der Waals surface area contributed by atoms with Crippen LogP contribution in [0.5, 0.6) is 0 Å². The SMILES string of the molecule is CCCCCCCCCCCC[C@@H](OC(=O)[C@@](OC)(c1ccccc1)C(F)(F)F)[C@H]1CC[C@H]([C@H]2CC[C@H]([C@@H](CCCCCC[C@H](CC3=C[C@H](C)OC3=O)OC(=O)[C@@](OC)(c3ccccc3)C(F)(F)F)OC(=O)[C@@](OC)(c3ccccc3)C(F)(F)F)O2)O1. The van der Waals surface area contributed by atoms with Gasteiger partial charge in [0, 0.05) is 50.0 Å². The van der Waals surface area contributed by atoms with Gasteiger partial charge in [-0.05, 0) is 77.2 Å². The van der Waals surface area contributed by atoms with Gasteiger partial charge in [0.1, 0.15) is 24.4 Å². The lowest BCUT2D eigenvalue weighted by Gasteiger charge is -2.35. The number of hydrogen-bond acceptors (Lipinski definition) is 13. The Bertz CT molecular complexity index is 2640. The van der Waals surface area contributed by atoms with Crippen molar-refractivity contribution in [3.8, 4) is 0 Å². The fourth-order valence-corrected chi connectivity index (χ4v) is 12.1. The highest BCUT2D eigenvalue weighted by Crippen LogP contribution is 2.47. The van der Waals surface area contributed by atoms with Crippen LogP contribution in [0.3, 0.4) is 0 Å². The molecule has 11 atom stereocenters. The van der Waals surface area contributed by atoms with Gasteiger partial charge in [-0.2, -0.15) is 39.5 Å². The van der Waals surface area contributed by atoms with Gasteiger partial charge in [0.15, 0.2) is 0 Å². The van der Waals surface area contributed by atoms with Crippen LogP contribution in [0.1, 0.15) is 172 Å². The molecule has 3 aliphatic heterocycles. The van der Waals surface area contributed by atoms with Crippen molar-refractivity contribution in [2.24, 2.45) is 0 Å². The minimum absolute atomic E-state index is 0.0354. The molecule has 87 heavy (non-hydrogen) atoms. The minimum atomic E-state index is -5.32. The quantitative estimate of drug-likeness (QED) is 0.0238. The van der Waals surface area contributed by atoms with E-state index in [0.29, 0.717) is 25.7 Å². The molecule has 0 N–H and O–H groups in total. The first-order valence-corrected chi connectivity index (χ1v) is 30.3. The molecule has 0 spiro atoms. The summed E-state index contributed by atoms with van der Waals surface area (Å²) in [5, 5.41) is 0. The van der Waals surface area contributed by atoms with Crippen LogP contribution < -0.4 is 0 Å². The van der Waals surface area contributed by atoms with Gasteiger partial charge in [0.25, 0.3) is 16.8 Å². The number of cyclic esters (lactones) is 1. The van der Waals surface area contributed by atoms with Crippen LogP contribution in [0, 0.1) is 0 Å². The molecule has 0 saturated carbocycles. The molecule has 0 unspecified atom stereocenters. The maximum atomic E-state index is 15.3. The summed E-state index contributed by atoms with van der Waals surface area (Å²) in [6, 6.07) is 19.0. The van der Waals surface area contributed by atoms with Crippen molar-refractivity contribution in [3.63, 3.8) is 0 Å². The van der Waals surface area contributed by atoms with Gasteiger partial charge in [0.05, 0.1) is 24.4 Å². The normalized spacial score (nSPS) is 22.3. The molecule has 0 bridgehead atoms. The van der Waals surface area contributed by atoms with Gasteiger partial charge < -0.3 is 42.6 Å². The van der Waals surface area contributed by atoms with E-state index in [2.05, 4.69) is 6.92 Å². The molecule has 3 aromatic carbocycles. The molecule has 3 aliphatic rings. The second kappa shape index (κ2) is 32.3. The molecule has 0 radical (unpaired) electrons. The molecular weight excluding hydrogens is 1160 g/mol. The molecule has 3 aromatic rings. The summed E-state index contributed by atoms with van der Waals surface area (Å²) in [6.07, 6.45) is -10.2. The molecule has 0 aliphatic carbocycles. The summed E-state index contributed by atoms with van der Waals surface area (Å²) < 4.78 is 186. The molecule has 13 nitrogen and oxygen atoms in total. The third-order valence-corrected chi connectivity index (χ3v) is 16.8. The zero-order chi connectivity index (χ0) is 63.5. The molecule has 0 aromatic heterocycles. The van der Waals surface area contributed by atoms with E-state index in [-0.39, 0.29) is 63.4 Å². The van der Waals surface area contributed by atoms with E-state index in [1.807, 2.05) is 0 Å². The number of rotatable bonds is 35. The number of halogens is 9. The van der Waals surface area contributed by atoms with Crippen molar-refractivity contribution in [3.05, 3.63) is 119 Å². The summed E-state index contributed by atoms with van der Waals surface area (Å²) in [6.45, 7) is 3.74. The second-order valence-electron chi connectivity index (χ2n) is 22.7. The van der Waals surface area contributed by atoms with Crippen LogP contribution in [-0.2, 0) is 78.6 Å². The number of carbonyl (C=O) groups excluding carboxylic acids is 4. The van der Waals surface area contributed by atoms with Crippen molar-refractivity contribution < 1.29 is 101 Å². The zero-order valence-corrected chi connectivity index (χ0v) is 50.1. The predicted molar refractivity (Wildman–Crippen MR) is 301 cm³/mol. The highest BCUT2D eigenvalue weighted by molar-refractivity contribution is 5.91. The maximum Gasteiger partial charge on any atom is 0.432 e. The van der Waals surface area contributed by atoms with Crippen molar-refractivity contribution in [1.82, 2.24) is 0 Å². The zero-order valence-electron chi connectivity index (χ0n) is 50.1. The number of methoxy groups -OCH3 is 3. The molecular formula is C65H83F9O13. The van der Waals surface area contributed by atoms with Crippen LogP contribution in [0.25, 0.3) is 0 Å². The minimum Gasteiger partial charge on any atom is -0.459 e. The van der Waals surface area contributed by atoms with Crippen molar-refractivity contribution >= 4 is 23.9 Å². The van der Waals surface area contributed by atoms with E-state index in [1.54, 1.807) is 6.92 Å². The topological polar surface area (TPSA) is 151 Å². The Morgan fingerprint density at radius 2 is 0.816 bits per heavy atom. The third kappa shape index (κ3) is 17.2. The fourth-order valence-electron chi connectivity index (χ4n) is 12.1. The summed E-state index contributed by atoms with van der Waals surface area (Å²) in [5.74, 6) is -5.88. The molecule has 2 fully saturated rings. The van der Waals surface area contributed by atoms with E-state index >= 15 is 26.3 Å². The van der Waals surface area contributed by atoms with Gasteiger partial charge in [0.2, 0.25) is 0 Å². The first-order valence-electron chi connectivity index (χ1n) is 30.3. The Hall–Kier alpha value is -5.55. The largest absolute Gasteiger partial charge is 0.459 e. The molecule has 0 amide bonds. The summed E-state index contributed by atoms with van der Waals surface area (Å²) >= 11 is 0. The van der Waals surface area contributed by atoms with Gasteiger partial charge in [-0.1, -0.05) is 169 Å². The van der Waals surface area contributed by atoms with Crippen molar-refractivity contribution in [1.29, 1.82) is 0 Å². The fraction of sp³-hybridized carbons (Fsp3) is 0.631. The average molecular weight is 1240 g/mol. The average Bonchev–Trinajstić information content (AvgIpc) is 1.98. The van der Waals surface area contributed by atoms with Crippen LogP contribution in [0.15, 0.2) is 103 Å². The maximum absolute atomic E-state index is 15.3. The Morgan fingerprint density at radius 3 is 1.14 bits per heavy atom. The van der Waals surface area contributed by atoms with Crippen LogP contribution in [0.4, 0.5) is 39.5 Å². The van der Waals surface area contributed by atoms with Crippen molar-refractivity contribution in [2.45, 2.75) is 239 Å². The summed E-state index contributed by atoms with van der Waals surface area (Å²) in [7, 11) is 2.27. The summed E-state index contributed by atoms with van der Waals surface area (Å²) in [5.41, 5.74) is -12.0. The van der Waals surface area contributed by atoms with E-state index in [9.17, 15) is 32.3 Å². The molecule has 22 heteroatoms. The number of hydrogen-bond donors (Lipinski definition) is 0. The van der Waals surface area contributed by atoms with Gasteiger partial charge in [-0.15, -0.1) is 0 Å². The lowest BCUT2D eigenvalue weighted by atomic mass is 9.92. The number of ether oxygens (including phenoxy) is 9. The highest BCUT2D eigenvalue weighted by Gasteiger charge is 2.67. The molecule has 2 saturated heterocycles. The van der Waals surface area contributed by atoms with Gasteiger partial charge in [-0.3, -0.25) is 0 Å². The Morgan fingerprint density at radius 1 is 0.483 bits per heavy atom. The Kier molecular flexibility index (Phi) is 26.2. The third-order valence-electron chi connectivity index (χ3n) is 16.8. The van der Waals surface area contributed by atoms with Crippen LogP contribution in [0.2, 0.25) is 0 Å². The second-order valence-corrected chi connectivity index (χ2v) is 22.7. The highest BCUT2D eigenvalue weighted by atomic mass is 19.4. The monoisotopic (exact) mass is 1240 g/mol. The summed E-state index contributed by atoms with van der Waals surface area (Å²) in [4.78, 5) is 54.7. The Labute approximate surface area is 503 Å². The van der Waals surface area contributed by atoms with Crippen LogP contribution in [-0.4, -0.2) is 113 Å². The smallest absolute Gasteiger partial charge is 0.432 e. The molecule has 6 rings (SSSR count). The number of carbonyl (C=O) groups is 4. The van der Waals surface area contributed by atoms with Gasteiger partial charge in [-0.25, -0.2) is 19.2 Å². The number of unbranched alkanes of at least 4 members (excludes halogenated alkanes) is 12. The Balaban J connectivity index is 1.17. The van der Waals surface area contributed by atoms with E-state index < -0.39 is 125 Å². The van der Waals surface area contributed by atoms with Crippen molar-refractivity contribution in [2.75, 3.05) is 21.3 Å². The first kappa shape index (κ1) is 70.5. The van der Waals surface area contributed by atoms with Crippen LogP contribution >= 0.6 is 0 Å². The number of esters is 4. The molecule has 484 valence electrons. The lowest BCUT2D eigenvalue weighted by molar-refractivity contribution is -0.281. The predicted octanol–water partition coefficient (Wildman–Crippen LogP) is 15.0. The number of alkyl halides is 9. The lowest BCUT2D eigenvalue weighted by Crippen LogP contribution is -2.53. The molecule has 3 heterocycles.